The summed E-state index contributed by atoms with van der Waals surface area (Å²) < 4.78 is 31.9. The number of carboxylic acid groups (broad SMARTS) is 1. The molecular formula is C13H18ClNO5S. The number of sulfonamides is 1. The lowest BCUT2D eigenvalue weighted by Gasteiger charge is -2.19. The van der Waals surface area contributed by atoms with E-state index in [1.54, 1.807) is 20.8 Å². The summed E-state index contributed by atoms with van der Waals surface area (Å²) in [5.74, 6) is -1.27. The van der Waals surface area contributed by atoms with Gasteiger partial charge in [-0.3, -0.25) is 4.79 Å². The van der Waals surface area contributed by atoms with Gasteiger partial charge < -0.3 is 9.84 Å². The number of ether oxygens (including phenoxy) is 1. The summed E-state index contributed by atoms with van der Waals surface area (Å²) in [6, 6.07) is 1.52. The van der Waals surface area contributed by atoms with Crippen LogP contribution in [-0.2, 0) is 14.8 Å². The average molecular weight is 336 g/mol. The first-order valence-electron chi connectivity index (χ1n) is 6.19. The molecule has 0 aromatic heterocycles. The third kappa shape index (κ3) is 4.09. The van der Waals surface area contributed by atoms with Crippen LogP contribution in [0.2, 0.25) is 5.02 Å². The Bertz CT molecular complexity index is 642. The molecule has 0 aliphatic rings. The lowest BCUT2D eigenvalue weighted by atomic mass is 10.1. The van der Waals surface area contributed by atoms with Gasteiger partial charge in [-0.2, -0.15) is 4.72 Å². The van der Waals surface area contributed by atoms with Crippen LogP contribution in [0.15, 0.2) is 17.0 Å². The van der Waals surface area contributed by atoms with E-state index in [1.807, 2.05) is 0 Å². The van der Waals surface area contributed by atoms with E-state index in [1.165, 1.54) is 19.2 Å². The van der Waals surface area contributed by atoms with Crippen molar-refractivity contribution >= 4 is 27.6 Å². The van der Waals surface area contributed by atoms with Crippen molar-refractivity contribution in [2.75, 3.05) is 7.11 Å². The molecule has 0 heterocycles. The maximum atomic E-state index is 12.4. The van der Waals surface area contributed by atoms with Crippen molar-refractivity contribution in [2.24, 2.45) is 5.92 Å². The number of rotatable bonds is 6. The quantitative estimate of drug-likeness (QED) is 0.830. The Hall–Kier alpha value is -1.31. The minimum Gasteiger partial charge on any atom is -0.495 e. The van der Waals surface area contributed by atoms with Gasteiger partial charge in [-0.1, -0.05) is 25.4 Å². The number of methoxy groups -OCH3 is 1. The SMILES string of the molecule is COc1cc(C)c(S(=O)(=O)NC(C(=O)O)C(C)C)cc1Cl. The Morgan fingerprint density at radius 1 is 1.38 bits per heavy atom. The van der Waals surface area contributed by atoms with Crippen LogP contribution in [0.3, 0.4) is 0 Å². The summed E-state index contributed by atoms with van der Waals surface area (Å²) in [6.45, 7) is 4.82. The summed E-state index contributed by atoms with van der Waals surface area (Å²) in [7, 11) is -2.58. The van der Waals surface area contributed by atoms with E-state index in [-0.39, 0.29) is 9.92 Å². The molecule has 1 aromatic carbocycles. The fourth-order valence-electron chi connectivity index (χ4n) is 1.78. The smallest absolute Gasteiger partial charge is 0.322 e. The van der Waals surface area contributed by atoms with Crippen molar-refractivity contribution < 1.29 is 23.1 Å². The summed E-state index contributed by atoms with van der Waals surface area (Å²) >= 11 is 5.94. The molecule has 1 rings (SSSR count). The van der Waals surface area contributed by atoms with Gasteiger partial charge in [0.2, 0.25) is 10.0 Å². The zero-order chi connectivity index (χ0) is 16.4. The highest BCUT2D eigenvalue weighted by Crippen LogP contribution is 2.30. The first-order chi connectivity index (χ1) is 9.60. The van der Waals surface area contributed by atoms with E-state index in [2.05, 4.69) is 4.72 Å². The Morgan fingerprint density at radius 3 is 2.38 bits per heavy atom. The monoisotopic (exact) mass is 335 g/mol. The standard InChI is InChI=1S/C13H18ClNO5S/c1-7(2)12(13(16)17)15-21(18,19)11-6-9(14)10(20-4)5-8(11)3/h5-7,12,15H,1-4H3,(H,16,17). The highest BCUT2D eigenvalue weighted by atomic mass is 35.5. The zero-order valence-corrected chi connectivity index (χ0v) is 13.7. The van der Waals surface area contributed by atoms with Crippen LogP contribution in [0.1, 0.15) is 19.4 Å². The minimum atomic E-state index is -4.00. The van der Waals surface area contributed by atoms with Crippen molar-refractivity contribution in [3.05, 3.63) is 22.7 Å². The average Bonchev–Trinajstić information content (AvgIpc) is 2.37. The maximum absolute atomic E-state index is 12.4. The molecule has 0 aliphatic heterocycles. The van der Waals surface area contributed by atoms with Crippen molar-refractivity contribution in [2.45, 2.75) is 31.7 Å². The molecule has 0 saturated carbocycles. The van der Waals surface area contributed by atoms with Crippen LogP contribution in [-0.4, -0.2) is 32.6 Å². The molecule has 0 amide bonds. The Balaban J connectivity index is 3.25. The molecule has 1 aromatic rings. The summed E-state index contributed by atoms with van der Waals surface area (Å²) in [4.78, 5) is 11.1. The zero-order valence-electron chi connectivity index (χ0n) is 12.2. The van der Waals surface area contributed by atoms with Gasteiger partial charge in [0.05, 0.1) is 17.0 Å². The molecule has 0 saturated heterocycles. The Kier molecular flexibility index (Phi) is 5.61. The second-order valence-electron chi connectivity index (χ2n) is 4.93. The van der Waals surface area contributed by atoms with Gasteiger partial charge in [-0.15, -0.1) is 0 Å². The second kappa shape index (κ2) is 6.64. The molecule has 118 valence electrons. The first kappa shape index (κ1) is 17.7. The predicted octanol–water partition coefficient (Wildman–Crippen LogP) is 2.04. The minimum absolute atomic E-state index is 0.0693. The lowest BCUT2D eigenvalue weighted by Crippen LogP contribution is -2.44. The Morgan fingerprint density at radius 2 is 1.95 bits per heavy atom. The maximum Gasteiger partial charge on any atom is 0.322 e. The number of aliphatic carboxylic acids is 1. The fraction of sp³-hybridized carbons (Fsp3) is 0.462. The van der Waals surface area contributed by atoms with Crippen molar-refractivity contribution in [1.29, 1.82) is 0 Å². The first-order valence-corrected chi connectivity index (χ1v) is 8.05. The Labute approximate surface area is 129 Å². The number of benzene rings is 1. The number of carboxylic acids is 1. The molecule has 8 heteroatoms. The van der Waals surface area contributed by atoms with Gasteiger partial charge in [0.25, 0.3) is 0 Å². The molecule has 21 heavy (non-hydrogen) atoms. The van der Waals surface area contributed by atoms with Gasteiger partial charge in [0.15, 0.2) is 0 Å². The molecular weight excluding hydrogens is 318 g/mol. The molecule has 0 radical (unpaired) electrons. The normalized spacial score (nSPS) is 13.2. The molecule has 0 aliphatic carbocycles. The highest BCUT2D eigenvalue weighted by Gasteiger charge is 2.29. The third-order valence-corrected chi connectivity index (χ3v) is 4.83. The van der Waals surface area contributed by atoms with E-state index in [9.17, 15) is 13.2 Å². The van der Waals surface area contributed by atoms with Gasteiger partial charge in [-0.05, 0) is 30.5 Å². The molecule has 2 N–H and O–H groups in total. The van der Waals surface area contributed by atoms with Crippen LogP contribution in [0.25, 0.3) is 0 Å². The van der Waals surface area contributed by atoms with Gasteiger partial charge >= 0.3 is 5.97 Å². The summed E-state index contributed by atoms with van der Waals surface area (Å²) in [6.07, 6.45) is 0. The number of carbonyl (C=O) groups is 1. The second-order valence-corrected chi connectivity index (χ2v) is 7.02. The van der Waals surface area contributed by atoms with Gasteiger partial charge in [-0.25, -0.2) is 8.42 Å². The fourth-order valence-corrected chi connectivity index (χ4v) is 3.68. The van der Waals surface area contributed by atoms with E-state index in [4.69, 9.17) is 21.4 Å². The van der Waals surface area contributed by atoms with E-state index in [0.717, 1.165) is 0 Å². The lowest BCUT2D eigenvalue weighted by molar-refractivity contribution is -0.140. The summed E-state index contributed by atoms with van der Waals surface area (Å²) in [5.41, 5.74) is 0.414. The predicted molar refractivity (Wildman–Crippen MR) is 79.3 cm³/mol. The molecule has 0 spiro atoms. The third-order valence-electron chi connectivity index (χ3n) is 2.95. The largest absolute Gasteiger partial charge is 0.495 e. The number of hydrogen-bond donors (Lipinski definition) is 2. The number of halogens is 1. The van der Waals surface area contributed by atoms with E-state index < -0.39 is 28.0 Å². The molecule has 0 bridgehead atoms. The topological polar surface area (TPSA) is 92.7 Å². The van der Waals surface area contributed by atoms with Crippen molar-refractivity contribution in [3.8, 4) is 5.75 Å². The molecule has 0 fully saturated rings. The van der Waals surface area contributed by atoms with Crippen LogP contribution >= 0.6 is 11.6 Å². The van der Waals surface area contributed by atoms with Crippen LogP contribution in [0.5, 0.6) is 5.75 Å². The van der Waals surface area contributed by atoms with Crippen LogP contribution < -0.4 is 9.46 Å². The van der Waals surface area contributed by atoms with Crippen LogP contribution in [0.4, 0.5) is 0 Å². The molecule has 1 atom stereocenters. The van der Waals surface area contributed by atoms with Crippen molar-refractivity contribution in [3.63, 3.8) is 0 Å². The molecule has 1 unspecified atom stereocenters. The van der Waals surface area contributed by atoms with Crippen LogP contribution in [0, 0.1) is 12.8 Å². The number of nitrogens with one attached hydrogen (secondary N) is 1. The number of hydrogen-bond acceptors (Lipinski definition) is 4. The number of aryl methyl sites for hydroxylation is 1. The molecule has 6 nitrogen and oxygen atoms in total. The van der Waals surface area contributed by atoms with Crippen molar-refractivity contribution in [1.82, 2.24) is 4.72 Å². The van der Waals surface area contributed by atoms with E-state index >= 15 is 0 Å². The van der Waals surface area contributed by atoms with Gasteiger partial charge in [0.1, 0.15) is 11.8 Å². The van der Waals surface area contributed by atoms with E-state index in [0.29, 0.717) is 11.3 Å². The van der Waals surface area contributed by atoms with Gasteiger partial charge in [0, 0.05) is 0 Å². The summed E-state index contributed by atoms with van der Waals surface area (Å²) in [5, 5.41) is 9.23. The highest BCUT2D eigenvalue weighted by molar-refractivity contribution is 7.89.